The molecular formula is C12H19N3O2. The lowest BCUT2D eigenvalue weighted by Crippen LogP contribution is -2.38. The lowest BCUT2D eigenvalue weighted by atomic mass is 9.87. The van der Waals surface area contributed by atoms with Gasteiger partial charge in [-0.25, -0.2) is 0 Å². The molecule has 1 saturated carbocycles. The third-order valence-corrected chi connectivity index (χ3v) is 3.70. The van der Waals surface area contributed by atoms with E-state index in [0.29, 0.717) is 12.1 Å². The van der Waals surface area contributed by atoms with Gasteiger partial charge in [-0.15, -0.1) is 0 Å². The normalized spacial score (nSPS) is 18.2. The maximum Gasteiger partial charge on any atom is 0.254 e. The zero-order valence-electron chi connectivity index (χ0n) is 10.1. The molecule has 1 fully saturated rings. The highest BCUT2D eigenvalue weighted by molar-refractivity contribution is 5.94. The van der Waals surface area contributed by atoms with Crippen molar-refractivity contribution in [2.45, 2.75) is 32.6 Å². The summed E-state index contributed by atoms with van der Waals surface area (Å²) in [4.78, 5) is 11.9. The van der Waals surface area contributed by atoms with Gasteiger partial charge in [-0.05, 0) is 19.8 Å². The van der Waals surface area contributed by atoms with Gasteiger partial charge in [0.15, 0.2) is 0 Å². The molecule has 17 heavy (non-hydrogen) atoms. The average Bonchev–Trinajstić information content (AvgIpc) is 2.95. The van der Waals surface area contributed by atoms with E-state index in [1.165, 1.54) is 6.20 Å². The van der Waals surface area contributed by atoms with Crippen LogP contribution in [0.3, 0.4) is 0 Å². The first-order valence-corrected chi connectivity index (χ1v) is 6.06. The lowest BCUT2D eigenvalue weighted by molar-refractivity contribution is 0.0880. The summed E-state index contributed by atoms with van der Waals surface area (Å²) in [5.41, 5.74) is 1.25. The van der Waals surface area contributed by atoms with Crippen molar-refractivity contribution in [3.8, 4) is 0 Å². The van der Waals surface area contributed by atoms with E-state index in [0.717, 1.165) is 31.4 Å². The van der Waals surface area contributed by atoms with Gasteiger partial charge in [-0.1, -0.05) is 12.8 Å². The van der Waals surface area contributed by atoms with Gasteiger partial charge in [0, 0.05) is 17.7 Å². The van der Waals surface area contributed by atoms with Crippen molar-refractivity contribution in [1.29, 1.82) is 0 Å². The van der Waals surface area contributed by atoms with E-state index in [9.17, 15) is 9.90 Å². The van der Waals surface area contributed by atoms with E-state index in [1.54, 1.807) is 0 Å². The Balaban J connectivity index is 1.94. The Morgan fingerprint density at radius 2 is 2.29 bits per heavy atom. The summed E-state index contributed by atoms with van der Waals surface area (Å²) in [6.45, 7) is 2.52. The monoisotopic (exact) mass is 237 g/mol. The molecule has 1 aliphatic carbocycles. The minimum atomic E-state index is -0.115. The summed E-state index contributed by atoms with van der Waals surface area (Å²) in [7, 11) is 0. The summed E-state index contributed by atoms with van der Waals surface area (Å²) in [6.07, 6.45) is 5.80. The topological polar surface area (TPSA) is 78.0 Å². The van der Waals surface area contributed by atoms with E-state index >= 15 is 0 Å². The predicted molar refractivity (Wildman–Crippen MR) is 63.6 cm³/mol. The SMILES string of the molecule is Cc1[nH]ncc1C(=O)NCC1(CO)CCCC1. The molecule has 0 radical (unpaired) electrons. The maximum absolute atomic E-state index is 11.9. The van der Waals surface area contributed by atoms with E-state index in [2.05, 4.69) is 15.5 Å². The van der Waals surface area contributed by atoms with Crippen LogP contribution < -0.4 is 5.32 Å². The molecule has 2 rings (SSSR count). The molecule has 5 nitrogen and oxygen atoms in total. The van der Waals surface area contributed by atoms with Crippen LogP contribution in [0.25, 0.3) is 0 Å². The van der Waals surface area contributed by atoms with Crippen LogP contribution in [0.15, 0.2) is 6.20 Å². The van der Waals surface area contributed by atoms with Gasteiger partial charge in [-0.3, -0.25) is 9.89 Å². The predicted octanol–water partition coefficient (Wildman–Crippen LogP) is 1.00. The molecule has 1 amide bonds. The number of amides is 1. The van der Waals surface area contributed by atoms with Gasteiger partial charge in [0.1, 0.15) is 0 Å². The number of rotatable bonds is 4. The van der Waals surface area contributed by atoms with Crippen molar-refractivity contribution in [2.75, 3.05) is 13.2 Å². The molecule has 1 aromatic rings. The minimum absolute atomic E-state index is 0.104. The lowest BCUT2D eigenvalue weighted by Gasteiger charge is -2.26. The smallest absolute Gasteiger partial charge is 0.254 e. The number of nitrogens with one attached hydrogen (secondary N) is 2. The molecule has 0 unspecified atom stereocenters. The van der Waals surface area contributed by atoms with Crippen LogP contribution in [0.4, 0.5) is 0 Å². The second-order valence-corrected chi connectivity index (χ2v) is 4.96. The van der Waals surface area contributed by atoms with Crippen LogP contribution in [0.2, 0.25) is 0 Å². The molecule has 0 atom stereocenters. The summed E-state index contributed by atoms with van der Waals surface area (Å²) in [6, 6.07) is 0. The highest BCUT2D eigenvalue weighted by atomic mass is 16.3. The Hall–Kier alpha value is -1.36. The number of aromatic amines is 1. The second kappa shape index (κ2) is 4.87. The van der Waals surface area contributed by atoms with Crippen molar-refractivity contribution < 1.29 is 9.90 Å². The van der Waals surface area contributed by atoms with Crippen molar-refractivity contribution in [3.05, 3.63) is 17.5 Å². The molecule has 5 heteroatoms. The number of aryl methyl sites for hydroxylation is 1. The van der Waals surface area contributed by atoms with Crippen LogP contribution in [-0.2, 0) is 0 Å². The number of hydrogen-bond acceptors (Lipinski definition) is 3. The summed E-state index contributed by atoms with van der Waals surface area (Å²) >= 11 is 0. The maximum atomic E-state index is 11.9. The first-order chi connectivity index (χ1) is 8.17. The number of aromatic nitrogens is 2. The second-order valence-electron chi connectivity index (χ2n) is 4.96. The third-order valence-electron chi connectivity index (χ3n) is 3.70. The highest BCUT2D eigenvalue weighted by Gasteiger charge is 2.33. The van der Waals surface area contributed by atoms with Crippen LogP contribution in [0.1, 0.15) is 41.7 Å². The number of nitrogens with zero attached hydrogens (tertiary/aromatic N) is 1. The molecule has 1 aromatic heterocycles. The highest BCUT2D eigenvalue weighted by Crippen LogP contribution is 2.36. The van der Waals surface area contributed by atoms with Crippen molar-refractivity contribution in [1.82, 2.24) is 15.5 Å². The Labute approximate surface area is 101 Å². The molecule has 0 spiro atoms. The molecule has 3 N–H and O–H groups in total. The van der Waals surface area contributed by atoms with Gasteiger partial charge in [0.2, 0.25) is 0 Å². The van der Waals surface area contributed by atoms with Crippen molar-refractivity contribution in [3.63, 3.8) is 0 Å². The number of aliphatic hydroxyl groups excluding tert-OH is 1. The molecule has 1 heterocycles. The van der Waals surface area contributed by atoms with Gasteiger partial charge < -0.3 is 10.4 Å². The fraction of sp³-hybridized carbons (Fsp3) is 0.667. The largest absolute Gasteiger partial charge is 0.396 e. The zero-order chi connectivity index (χ0) is 12.3. The average molecular weight is 237 g/mol. The Morgan fingerprint density at radius 3 is 2.82 bits per heavy atom. The quantitative estimate of drug-likeness (QED) is 0.731. The Morgan fingerprint density at radius 1 is 1.59 bits per heavy atom. The minimum Gasteiger partial charge on any atom is -0.396 e. The third kappa shape index (κ3) is 2.49. The number of H-pyrrole nitrogens is 1. The molecule has 0 saturated heterocycles. The van der Waals surface area contributed by atoms with Crippen molar-refractivity contribution in [2.24, 2.45) is 5.41 Å². The fourth-order valence-corrected chi connectivity index (χ4v) is 2.46. The number of carbonyl (C=O) groups is 1. The van der Waals surface area contributed by atoms with Gasteiger partial charge >= 0.3 is 0 Å². The van der Waals surface area contributed by atoms with E-state index in [4.69, 9.17) is 0 Å². The van der Waals surface area contributed by atoms with Crippen LogP contribution in [0.5, 0.6) is 0 Å². The summed E-state index contributed by atoms with van der Waals surface area (Å²) in [5, 5.41) is 18.9. The number of carbonyl (C=O) groups excluding carboxylic acids is 1. The number of aliphatic hydroxyl groups is 1. The zero-order valence-corrected chi connectivity index (χ0v) is 10.1. The van der Waals surface area contributed by atoms with E-state index < -0.39 is 0 Å². The fourth-order valence-electron chi connectivity index (χ4n) is 2.46. The molecular weight excluding hydrogens is 218 g/mol. The van der Waals surface area contributed by atoms with Crippen LogP contribution in [0, 0.1) is 12.3 Å². The molecule has 94 valence electrons. The Bertz CT molecular complexity index is 394. The van der Waals surface area contributed by atoms with Crippen LogP contribution >= 0.6 is 0 Å². The first kappa shape index (κ1) is 12.1. The first-order valence-electron chi connectivity index (χ1n) is 6.06. The molecule has 0 aliphatic heterocycles. The summed E-state index contributed by atoms with van der Waals surface area (Å²) in [5.74, 6) is -0.115. The van der Waals surface area contributed by atoms with E-state index in [-0.39, 0.29) is 17.9 Å². The van der Waals surface area contributed by atoms with Crippen molar-refractivity contribution >= 4 is 5.91 Å². The molecule has 0 bridgehead atoms. The van der Waals surface area contributed by atoms with Gasteiger partial charge in [0.05, 0.1) is 18.4 Å². The van der Waals surface area contributed by atoms with Gasteiger partial charge in [-0.2, -0.15) is 5.10 Å². The molecule has 1 aliphatic rings. The van der Waals surface area contributed by atoms with Gasteiger partial charge in [0.25, 0.3) is 5.91 Å². The number of hydrogen-bond donors (Lipinski definition) is 3. The Kier molecular flexibility index (Phi) is 3.47. The van der Waals surface area contributed by atoms with Crippen LogP contribution in [-0.4, -0.2) is 34.4 Å². The summed E-state index contributed by atoms with van der Waals surface area (Å²) < 4.78 is 0. The van der Waals surface area contributed by atoms with E-state index in [1.807, 2.05) is 6.92 Å². The standard InChI is InChI=1S/C12H19N3O2/c1-9-10(6-14-15-9)11(17)13-7-12(8-16)4-2-3-5-12/h6,16H,2-5,7-8H2,1H3,(H,13,17)(H,14,15). The molecule has 0 aromatic carbocycles.